The van der Waals surface area contributed by atoms with Crippen molar-refractivity contribution in [3.05, 3.63) is 0 Å². The number of rotatable bonds is 7. The molecule has 1 saturated carbocycles. The lowest BCUT2D eigenvalue weighted by Gasteiger charge is -2.31. The zero-order valence-electron chi connectivity index (χ0n) is 13.1. The lowest BCUT2D eigenvalue weighted by Crippen LogP contribution is -2.43. The Labute approximate surface area is 122 Å². The summed E-state index contributed by atoms with van der Waals surface area (Å²) in [5.41, 5.74) is -1.10. The zero-order valence-corrected chi connectivity index (χ0v) is 13.1. The van der Waals surface area contributed by atoms with Crippen LogP contribution in [0, 0.1) is 5.41 Å². The molecule has 0 radical (unpaired) electrons. The number of carbonyl (C=O) groups is 2. The van der Waals surface area contributed by atoms with Crippen LogP contribution >= 0.6 is 0 Å². The van der Waals surface area contributed by atoms with Gasteiger partial charge in [0.25, 0.3) is 0 Å². The lowest BCUT2D eigenvalue weighted by atomic mass is 9.79. The Hall–Kier alpha value is -1.06. The van der Waals surface area contributed by atoms with E-state index in [-0.39, 0.29) is 12.1 Å². The molecule has 1 rings (SSSR count). The fourth-order valence-electron chi connectivity index (χ4n) is 3.11. The molecule has 0 unspecified atom stereocenters. The first-order valence-electron chi connectivity index (χ1n) is 7.90. The van der Waals surface area contributed by atoms with Gasteiger partial charge < -0.3 is 9.47 Å². The van der Waals surface area contributed by atoms with E-state index in [1.807, 2.05) is 13.8 Å². The quantitative estimate of drug-likeness (QED) is 0.529. The van der Waals surface area contributed by atoms with E-state index in [1.54, 1.807) is 0 Å². The standard InChI is InChI=1S/C16H28O4/c1-4-11-16(12-5-2,14(17)19-3)15(18)20-13-9-7-6-8-10-13/h13H,4-12H2,1-3H3. The lowest BCUT2D eigenvalue weighted by molar-refractivity contribution is -0.176. The first kappa shape index (κ1) is 17.0. The third-order valence-electron chi connectivity index (χ3n) is 4.15. The molecule has 0 aromatic heterocycles. The second-order valence-corrected chi connectivity index (χ2v) is 5.74. The highest BCUT2D eigenvalue weighted by Crippen LogP contribution is 2.35. The summed E-state index contributed by atoms with van der Waals surface area (Å²) >= 11 is 0. The van der Waals surface area contributed by atoms with Crippen molar-refractivity contribution >= 4 is 11.9 Å². The topological polar surface area (TPSA) is 52.6 Å². The molecule has 1 fully saturated rings. The smallest absolute Gasteiger partial charge is 0.323 e. The fraction of sp³-hybridized carbons (Fsp3) is 0.875. The summed E-state index contributed by atoms with van der Waals surface area (Å²) in [5.74, 6) is -0.818. The molecule has 4 nitrogen and oxygen atoms in total. The molecule has 0 spiro atoms. The van der Waals surface area contributed by atoms with Gasteiger partial charge in [0.05, 0.1) is 7.11 Å². The van der Waals surface area contributed by atoms with Gasteiger partial charge in [-0.1, -0.05) is 33.1 Å². The average Bonchev–Trinajstić information content (AvgIpc) is 2.47. The molecule has 0 aromatic carbocycles. The van der Waals surface area contributed by atoms with Gasteiger partial charge in [0.2, 0.25) is 0 Å². The number of esters is 2. The third kappa shape index (κ3) is 3.97. The molecular formula is C16H28O4. The van der Waals surface area contributed by atoms with E-state index in [4.69, 9.17) is 9.47 Å². The number of methoxy groups -OCH3 is 1. The maximum Gasteiger partial charge on any atom is 0.323 e. The summed E-state index contributed by atoms with van der Waals surface area (Å²) in [4.78, 5) is 24.8. The van der Waals surface area contributed by atoms with Crippen LogP contribution in [0.4, 0.5) is 0 Å². The second-order valence-electron chi connectivity index (χ2n) is 5.74. The summed E-state index contributed by atoms with van der Waals surface area (Å²) in [5, 5.41) is 0. The Morgan fingerprint density at radius 2 is 1.55 bits per heavy atom. The van der Waals surface area contributed by atoms with E-state index in [9.17, 15) is 9.59 Å². The number of ether oxygens (including phenoxy) is 2. The molecular weight excluding hydrogens is 256 g/mol. The van der Waals surface area contributed by atoms with Gasteiger partial charge in [-0.15, -0.1) is 0 Å². The molecule has 0 aliphatic heterocycles. The van der Waals surface area contributed by atoms with E-state index in [0.29, 0.717) is 12.8 Å². The van der Waals surface area contributed by atoms with Crippen molar-refractivity contribution in [2.24, 2.45) is 5.41 Å². The Kier molecular flexibility index (Phi) is 7.03. The molecule has 0 N–H and O–H groups in total. The zero-order chi connectivity index (χ0) is 15.0. The SMILES string of the molecule is CCCC(CCC)(C(=O)OC)C(=O)OC1CCCCC1. The summed E-state index contributed by atoms with van der Waals surface area (Å²) in [6.45, 7) is 3.95. The average molecular weight is 284 g/mol. The van der Waals surface area contributed by atoms with E-state index in [0.717, 1.165) is 38.5 Å². The predicted octanol–water partition coefficient (Wildman–Crippen LogP) is 3.62. The molecule has 1 aliphatic rings. The Morgan fingerprint density at radius 1 is 1.00 bits per heavy atom. The monoisotopic (exact) mass is 284 g/mol. The van der Waals surface area contributed by atoms with Gasteiger partial charge in [0, 0.05) is 0 Å². The first-order valence-corrected chi connectivity index (χ1v) is 7.90. The first-order chi connectivity index (χ1) is 9.60. The van der Waals surface area contributed by atoms with Crippen LogP contribution in [0.15, 0.2) is 0 Å². The minimum Gasteiger partial charge on any atom is -0.468 e. The summed E-state index contributed by atoms with van der Waals surface area (Å²) < 4.78 is 10.5. The molecule has 0 heterocycles. The predicted molar refractivity (Wildman–Crippen MR) is 77.2 cm³/mol. The molecule has 20 heavy (non-hydrogen) atoms. The molecule has 0 amide bonds. The van der Waals surface area contributed by atoms with Crippen LogP contribution in [0.25, 0.3) is 0 Å². The van der Waals surface area contributed by atoms with Crippen LogP contribution in [-0.2, 0) is 19.1 Å². The van der Waals surface area contributed by atoms with Gasteiger partial charge in [-0.25, -0.2) is 0 Å². The summed E-state index contributed by atoms with van der Waals surface area (Å²) in [6, 6.07) is 0. The van der Waals surface area contributed by atoms with Gasteiger partial charge in [-0.2, -0.15) is 0 Å². The maximum atomic E-state index is 12.6. The van der Waals surface area contributed by atoms with Gasteiger partial charge in [-0.05, 0) is 38.5 Å². The molecule has 4 heteroatoms. The van der Waals surface area contributed by atoms with Crippen LogP contribution in [-0.4, -0.2) is 25.2 Å². The molecule has 1 aliphatic carbocycles. The van der Waals surface area contributed by atoms with Crippen molar-refractivity contribution < 1.29 is 19.1 Å². The van der Waals surface area contributed by atoms with Crippen molar-refractivity contribution in [3.63, 3.8) is 0 Å². The Bertz CT molecular complexity index is 312. The van der Waals surface area contributed by atoms with Crippen molar-refractivity contribution in [2.75, 3.05) is 7.11 Å². The Morgan fingerprint density at radius 3 is 2.00 bits per heavy atom. The highest BCUT2D eigenvalue weighted by Gasteiger charge is 2.47. The highest BCUT2D eigenvalue weighted by atomic mass is 16.6. The minimum atomic E-state index is -1.10. The molecule has 0 saturated heterocycles. The van der Waals surface area contributed by atoms with Crippen LogP contribution in [0.1, 0.15) is 71.6 Å². The van der Waals surface area contributed by atoms with Crippen LogP contribution in [0.5, 0.6) is 0 Å². The highest BCUT2D eigenvalue weighted by molar-refractivity contribution is 6.00. The van der Waals surface area contributed by atoms with Crippen molar-refractivity contribution in [1.82, 2.24) is 0 Å². The van der Waals surface area contributed by atoms with Gasteiger partial charge >= 0.3 is 11.9 Å². The van der Waals surface area contributed by atoms with Crippen LogP contribution < -0.4 is 0 Å². The van der Waals surface area contributed by atoms with Crippen LogP contribution in [0.2, 0.25) is 0 Å². The van der Waals surface area contributed by atoms with Gasteiger partial charge in [-0.3, -0.25) is 9.59 Å². The number of hydrogen-bond donors (Lipinski definition) is 0. The maximum absolute atomic E-state index is 12.6. The van der Waals surface area contributed by atoms with E-state index in [1.165, 1.54) is 13.5 Å². The minimum absolute atomic E-state index is 0.0195. The number of carbonyl (C=O) groups excluding carboxylic acids is 2. The summed E-state index contributed by atoms with van der Waals surface area (Å²) in [6.07, 6.45) is 7.74. The van der Waals surface area contributed by atoms with E-state index < -0.39 is 11.4 Å². The third-order valence-corrected chi connectivity index (χ3v) is 4.15. The molecule has 0 atom stereocenters. The van der Waals surface area contributed by atoms with Gasteiger partial charge in [0.1, 0.15) is 6.10 Å². The molecule has 0 bridgehead atoms. The van der Waals surface area contributed by atoms with Crippen molar-refractivity contribution in [2.45, 2.75) is 77.7 Å². The molecule has 0 aromatic rings. The van der Waals surface area contributed by atoms with Crippen LogP contribution in [0.3, 0.4) is 0 Å². The number of hydrogen-bond acceptors (Lipinski definition) is 4. The second kappa shape index (κ2) is 8.28. The largest absolute Gasteiger partial charge is 0.468 e. The van der Waals surface area contributed by atoms with Crippen molar-refractivity contribution in [3.8, 4) is 0 Å². The molecule has 116 valence electrons. The van der Waals surface area contributed by atoms with Gasteiger partial charge in [0.15, 0.2) is 5.41 Å². The van der Waals surface area contributed by atoms with E-state index >= 15 is 0 Å². The normalized spacial score (nSPS) is 16.8. The van der Waals surface area contributed by atoms with E-state index in [2.05, 4.69) is 0 Å². The fourth-order valence-corrected chi connectivity index (χ4v) is 3.11. The summed E-state index contributed by atoms with van der Waals surface area (Å²) in [7, 11) is 1.34. The van der Waals surface area contributed by atoms with Crippen molar-refractivity contribution in [1.29, 1.82) is 0 Å². The Balaban J connectivity index is 2.83.